The van der Waals surface area contributed by atoms with E-state index in [4.69, 9.17) is 5.11 Å². The zero-order valence-corrected chi connectivity index (χ0v) is 11.8. The molecule has 1 saturated heterocycles. The first kappa shape index (κ1) is 13.6. The number of aromatic carboxylic acids is 1. The van der Waals surface area contributed by atoms with Crippen LogP contribution in [0.5, 0.6) is 0 Å². The summed E-state index contributed by atoms with van der Waals surface area (Å²) >= 11 is 1.39. The third-order valence-corrected chi connectivity index (χ3v) is 4.65. The Morgan fingerprint density at radius 1 is 1.28 bits per heavy atom. The molecule has 0 aliphatic carbocycles. The zero-order chi connectivity index (χ0) is 13.0. The van der Waals surface area contributed by atoms with Crippen molar-refractivity contribution in [1.82, 2.24) is 4.90 Å². The van der Waals surface area contributed by atoms with Gasteiger partial charge < -0.3 is 5.11 Å². The van der Waals surface area contributed by atoms with Crippen molar-refractivity contribution in [3.8, 4) is 0 Å². The second-order valence-corrected chi connectivity index (χ2v) is 6.30. The zero-order valence-electron chi connectivity index (χ0n) is 10.9. The lowest BCUT2D eigenvalue weighted by Crippen LogP contribution is -2.26. The summed E-state index contributed by atoms with van der Waals surface area (Å²) in [5.74, 6) is -0.804. The Morgan fingerprint density at radius 2 is 1.89 bits per heavy atom. The predicted molar refractivity (Wildman–Crippen MR) is 74.4 cm³/mol. The van der Waals surface area contributed by atoms with Gasteiger partial charge in [0.25, 0.3) is 0 Å². The van der Waals surface area contributed by atoms with E-state index in [0.717, 1.165) is 24.5 Å². The molecule has 2 rings (SSSR count). The van der Waals surface area contributed by atoms with Gasteiger partial charge in [-0.05, 0) is 44.5 Å². The van der Waals surface area contributed by atoms with E-state index < -0.39 is 5.97 Å². The van der Waals surface area contributed by atoms with E-state index in [9.17, 15) is 4.79 Å². The van der Waals surface area contributed by atoms with E-state index >= 15 is 0 Å². The maximum absolute atomic E-state index is 11.0. The first-order chi connectivity index (χ1) is 8.66. The molecule has 0 atom stereocenters. The molecule has 0 saturated carbocycles. The minimum Gasteiger partial charge on any atom is -0.477 e. The fourth-order valence-electron chi connectivity index (χ4n) is 2.49. The molecule has 1 aromatic rings. The molecule has 0 bridgehead atoms. The van der Waals surface area contributed by atoms with E-state index in [2.05, 4.69) is 4.90 Å². The minimum absolute atomic E-state index is 0.467. The maximum Gasteiger partial charge on any atom is 0.345 e. The van der Waals surface area contributed by atoms with Gasteiger partial charge >= 0.3 is 5.97 Å². The molecule has 100 valence electrons. The van der Waals surface area contributed by atoms with E-state index in [1.165, 1.54) is 49.0 Å². The maximum atomic E-state index is 11.0. The first-order valence-electron chi connectivity index (χ1n) is 6.72. The molecule has 18 heavy (non-hydrogen) atoms. The number of thiophene rings is 1. The molecule has 1 aromatic heterocycles. The largest absolute Gasteiger partial charge is 0.477 e. The molecular weight excluding hydrogens is 246 g/mol. The van der Waals surface area contributed by atoms with Crippen LogP contribution in [0.3, 0.4) is 0 Å². The molecule has 0 spiro atoms. The number of rotatable bonds is 3. The van der Waals surface area contributed by atoms with Crippen LogP contribution < -0.4 is 0 Å². The highest BCUT2D eigenvalue weighted by Gasteiger charge is 2.14. The molecule has 0 amide bonds. The van der Waals surface area contributed by atoms with Gasteiger partial charge in [-0.2, -0.15) is 0 Å². The summed E-state index contributed by atoms with van der Waals surface area (Å²) in [4.78, 5) is 15.0. The average Bonchev–Trinajstić information content (AvgIpc) is 2.64. The van der Waals surface area contributed by atoms with Crippen molar-refractivity contribution in [2.24, 2.45) is 0 Å². The molecule has 0 radical (unpaired) electrons. The molecular formula is C14H21NO2S. The van der Waals surface area contributed by atoms with Crippen LogP contribution >= 0.6 is 11.3 Å². The van der Waals surface area contributed by atoms with Crippen LogP contribution in [0.25, 0.3) is 0 Å². The van der Waals surface area contributed by atoms with Crippen LogP contribution in [0, 0.1) is 6.92 Å². The highest BCUT2D eigenvalue weighted by molar-refractivity contribution is 7.14. The standard InChI is InChI=1S/C14H21NO2S/c1-11-12(9-13(18-11)14(16)17)10-15-7-5-3-2-4-6-8-15/h9H,2-8,10H2,1H3,(H,16,17). The highest BCUT2D eigenvalue weighted by Crippen LogP contribution is 2.24. The number of nitrogens with zero attached hydrogens (tertiary/aromatic N) is 1. The van der Waals surface area contributed by atoms with Gasteiger partial charge in [-0.1, -0.05) is 19.3 Å². The SMILES string of the molecule is Cc1sc(C(=O)O)cc1CN1CCCCCCC1. The van der Waals surface area contributed by atoms with E-state index in [0.29, 0.717) is 4.88 Å². The van der Waals surface area contributed by atoms with Gasteiger partial charge in [-0.25, -0.2) is 4.79 Å². The number of carbonyl (C=O) groups is 1. The summed E-state index contributed by atoms with van der Waals surface area (Å²) in [5.41, 5.74) is 1.19. The number of carboxylic acid groups (broad SMARTS) is 1. The van der Waals surface area contributed by atoms with Crippen molar-refractivity contribution >= 4 is 17.3 Å². The molecule has 1 aliphatic rings. The van der Waals surface area contributed by atoms with Crippen molar-refractivity contribution in [3.05, 3.63) is 21.4 Å². The summed E-state index contributed by atoms with van der Waals surface area (Å²) in [6, 6.07) is 1.85. The number of hydrogen-bond donors (Lipinski definition) is 1. The molecule has 0 unspecified atom stereocenters. The summed E-state index contributed by atoms with van der Waals surface area (Å²) in [7, 11) is 0. The van der Waals surface area contributed by atoms with Crippen molar-refractivity contribution in [2.75, 3.05) is 13.1 Å². The Hall–Kier alpha value is -0.870. The van der Waals surface area contributed by atoms with Gasteiger partial charge in [-0.15, -0.1) is 11.3 Å². The van der Waals surface area contributed by atoms with Gasteiger partial charge in [0, 0.05) is 11.4 Å². The topological polar surface area (TPSA) is 40.5 Å². The molecule has 0 aromatic carbocycles. The van der Waals surface area contributed by atoms with Crippen LogP contribution in [0.15, 0.2) is 6.07 Å². The summed E-state index contributed by atoms with van der Waals surface area (Å²) < 4.78 is 0. The van der Waals surface area contributed by atoms with Crippen LogP contribution in [0.2, 0.25) is 0 Å². The lowest BCUT2D eigenvalue weighted by molar-refractivity contribution is 0.0702. The summed E-state index contributed by atoms with van der Waals surface area (Å²) in [5, 5.41) is 9.01. The number of likely N-dealkylation sites (tertiary alicyclic amines) is 1. The predicted octanol–water partition coefficient (Wildman–Crippen LogP) is 3.52. The summed E-state index contributed by atoms with van der Waals surface area (Å²) in [6.07, 6.45) is 6.58. The van der Waals surface area contributed by atoms with Crippen molar-refractivity contribution < 1.29 is 9.90 Å². The Morgan fingerprint density at radius 3 is 2.44 bits per heavy atom. The summed E-state index contributed by atoms with van der Waals surface area (Å²) in [6.45, 7) is 5.24. The lowest BCUT2D eigenvalue weighted by Gasteiger charge is -2.24. The van der Waals surface area contributed by atoms with Crippen LogP contribution in [-0.4, -0.2) is 29.1 Å². The van der Waals surface area contributed by atoms with Gasteiger partial charge in [0.2, 0.25) is 0 Å². The second kappa shape index (κ2) is 6.34. The van der Waals surface area contributed by atoms with E-state index in [1.54, 1.807) is 0 Å². The Balaban J connectivity index is 2.00. The van der Waals surface area contributed by atoms with Crippen molar-refractivity contribution in [2.45, 2.75) is 45.6 Å². The minimum atomic E-state index is -0.804. The van der Waals surface area contributed by atoms with Crippen molar-refractivity contribution in [3.63, 3.8) is 0 Å². The van der Waals surface area contributed by atoms with Crippen molar-refractivity contribution in [1.29, 1.82) is 0 Å². The van der Waals surface area contributed by atoms with Crippen LogP contribution in [-0.2, 0) is 6.54 Å². The fraction of sp³-hybridized carbons (Fsp3) is 0.643. The Bertz CT molecular complexity index is 406. The molecule has 1 aliphatic heterocycles. The quantitative estimate of drug-likeness (QED) is 0.911. The molecule has 1 fully saturated rings. The van der Waals surface area contributed by atoms with Gasteiger partial charge in [0.05, 0.1) is 0 Å². The van der Waals surface area contributed by atoms with E-state index in [1.807, 2.05) is 13.0 Å². The molecule has 3 nitrogen and oxygen atoms in total. The molecule has 4 heteroatoms. The van der Waals surface area contributed by atoms with Gasteiger partial charge in [-0.3, -0.25) is 4.90 Å². The second-order valence-electron chi connectivity index (χ2n) is 5.04. The number of carboxylic acids is 1. The Labute approximate surface area is 112 Å². The van der Waals surface area contributed by atoms with Gasteiger partial charge in [0.1, 0.15) is 4.88 Å². The molecule has 2 heterocycles. The van der Waals surface area contributed by atoms with Gasteiger partial charge in [0.15, 0.2) is 0 Å². The third kappa shape index (κ3) is 3.56. The van der Waals surface area contributed by atoms with Crippen LogP contribution in [0.4, 0.5) is 0 Å². The smallest absolute Gasteiger partial charge is 0.345 e. The number of aryl methyl sites for hydroxylation is 1. The average molecular weight is 267 g/mol. The van der Waals surface area contributed by atoms with E-state index in [-0.39, 0.29) is 0 Å². The molecule has 1 N–H and O–H groups in total. The van der Waals surface area contributed by atoms with Crippen LogP contribution in [0.1, 0.15) is 52.2 Å². The number of hydrogen-bond acceptors (Lipinski definition) is 3. The first-order valence-corrected chi connectivity index (χ1v) is 7.53. The lowest BCUT2D eigenvalue weighted by atomic mass is 10.1. The highest BCUT2D eigenvalue weighted by atomic mass is 32.1. The normalized spacial score (nSPS) is 18.3. The fourth-order valence-corrected chi connectivity index (χ4v) is 3.37. The third-order valence-electron chi connectivity index (χ3n) is 3.57. The monoisotopic (exact) mass is 267 g/mol. The Kier molecular flexibility index (Phi) is 4.78.